The summed E-state index contributed by atoms with van der Waals surface area (Å²) < 4.78 is 0. The third-order valence-electron chi connectivity index (χ3n) is 5.36. The van der Waals surface area contributed by atoms with Crippen LogP contribution in [-0.4, -0.2) is 36.6 Å². The van der Waals surface area contributed by atoms with Gasteiger partial charge >= 0.3 is 0 Å². The number of piperidine rings is 2. The monoisotopic (exact) mass is 252 g/mol. The maximum absolute atomic E-state index is 3.74. The number of likely N-dealkylation sites (tertiary alicyclic amines) is 1. The molecule has 0 aromatic carbocycles. The standard InChI is InChI=1S/C16H32N2/c1-5-15-6-7-17-16(9-15)11-18-10-12(2)8-13(3)14(18)4/h12-17H,5-11H2,1-4H3. The maximum Gasteiger partial charge on any atom is 0.0197 e. The Hall–Kier alpha value is -0.0800. The minimum atomic E-state index is 0.739. The molecule has 5 unspecified atom stereocenters. The number of hydrogen-bond acceptors (Lipinski definition) is 2. The van der Waals surface area contributed by atoms with E-state index in [0.717, 1.165) is 29.8 Å². The van der Waals surface area contributed by atoms with Crippen LogP contribution in [0.15, 0.2) is 0 Å². The second-order valence-corrected chi connectivity index (χ2v) is 6.96. The molecule has 0 amide bonds. The van der Waals surface area contributed by atoms with E-state index in [1.54, 1.807) is 0 Å². The van der Waals surface area contributed by atoms with Crippen LogP contribution in [0.1, 0.15) is 53.4 Å². The van der Waals surface area contributed by atoms with Gasteiger partial charge in [-0.15, -0.1) is 0 Å². The van der Waals surface area contributed by atoms with Crippen molar-refractivity contribution in [1.82, 2.24) is 10.2 Å². The molecule has 0 saturated carbocycles. The molecule has 2 rings (SSSR count). The number of hydrogen-bond donors (Lipinski definition) is 1. The molecule has 2 nitrogen and oxygen atoms in total. The summed E-state index contributed by atoms with van der Waals surface area (Å²) in [5.74, 6) is 2.70. The summed E-state index contributed by atoms with van der Waals surface area (Å²) in [7, 11) is 0. The molecule has 0 spiro atoms. The Morgan fingerprint density at radius 1 is 1.17 bits per heavy atom. The van der Waals surface area contributed by atoms with Gasteiger partial charge in [0.15, 0.2) is 0 Å². The normalized spacial score (nSPS) is 43.0. The highest BCUT2D eigenvalue weighted by atomic mass is 15.2. The largest absolute Gasteiger partial charge is 0.313 e. The van der Waals surface area contributed by atoms with Crippen molar-refractivity contribution in [3.63, 3.8) is 0 Å². The zero-order valence-electron chi connectivity index (χ0n) is 12.8. The van der Waals surface area contributed by atoms with Crippen molar-refractivity contribution < 1.29 is 0 Å². The number of nitrogens with zero attached hydrogens (tertiary/aromatic N) is 1. The van der Waals surface area contributed by atoms with Crippen LogP contribution in [0.5, 0.6) is 0 Å². The Morgan fingerprint density at radius 2 is 1.94 bits per heavy atom. The highest BCUT2D eigenvalue weighted by Crippen LogP contribution is 2.28. The van der Waals surface area contributed by atoms with Crippen LogP contribution < -0.4 is 5.32 Å². The van der Waals surface area contributed by atoms with E-state index in [2.05, 4.69) is 37.9 Å². The average molecular weight is 252 g/mol. The molecule has 2 saturated heterocycles. The summed E-state index contributed by atoms with van der Waals surface area (Å²) >= 11 is 0. The Kier molecular flexibility index (Phi) is 5.08. The van der Waals surface area contributed by atoms with Gasteiger partial charge in [-0.05, 0) is 50.5 Å². The zero-order valence-corrected chi connectivity index (χ0v) is 12.8. The van der Waals surface area contributed by atoms with Gasteiger partial charge in [-0.25, -0.2) is 0 Å². The maximum atomic E-state index is 3.74. The van der Waals surface area contributed by atoms with Crippen LogP contribution in [0.4, 0.5) is 0 Å². The van der Waals surface area contributed by atoms with Crippen molar-refractivity contribution in [3.05, 3.63) is 0 Å². The second-order valence-electron chi connectivity index (χ2n) is 6.96. The van der Waals surface area contributed by atoms with E-state index in [4.69, 9.17) is 0 Å². The van der Waals surface area contributed by atoms with E-state index < -0.39 is 0 Å². The van der Waals surface area contributed by atoms with Crippen molar-refractivity contribution >= 4 is 0 Å². The summed E-state index contributed by atoms with van der Waals surface area (Å²) in [5, 5.41) is 3.74. The summed E-state index contributed by atoms with van der Waals surface area (Å²) in [6.45, 7) is 13.4. The Labute approximate surface area is 114 Å². The van der Waals surface area contributed by atoms with E-state index in [-0.39, 0.29) is 0 Å². The lowest BCUT2D eigenvalue weighted by molar-refractivity contribution is 0.0633. The molecule has 0 radical (unpaired) electrons. The molecule has 2 aliphatic heterocycles. The predicted octanol–water partition coefficient (Wildman–Crippen LogP) is 3.13. The van der Waals surface area contributed by atoms with Gasteiger partial charge in [0.2, 0.25) is 0 Å². The van der Waals surface area contributed by atoms with Gasteiger partial charge < -0.3 is 5.32 Å². The second kappa shape index (κ2) is 6.38. The van der Waals surface area contributed by atoms with Crippen LogP contribution in [0.25, 0.3) is 0 Å². The summed E-state index contributed by atoms with van der Waals surface area (Å²) in [5.41, 5.74) is 0. The Morgan fingerprint density at radius 3 is 2.67 bits per heavy atom. The van der Waals surface area contributed by atoms with Crippen LogP contribution >= 0.6 is 0 Å². The first kappa shape index (κ1) is 14.3. The van der Waals surface area contributed by atoms with Crippen molar-refractivity contribution in [2.24, 2.45) is 17.8 Å². The van der Waals surface area contributed by atoms with E-state index in [0.29, 0.717) is 0 Å². The fourth-order valence-corrected chi connectivity index (χ4v) is 3.96. The van der Waals surface area contributed by atoms with Gasteiger partial charge in [-0.3, -0.25) is 4.90 Å². The molecule has 2 aliphatic rings. The molecule has 18 heavy (non-hydrogen) atoms. The molecule has 2 heterocycles. The molecule has 5 atom stereocenters. The quantitative estimate of drug-likeness (QED) is 0.830. The van der Waals surface area contributed by atoms with Crippen molar-refractivity contribution in [2.45, 2.75) is 65.5 Å². The Balaban J connectivity index is 1.87. The smallest absolute Gasteiger partial charge is 0.0197 e. The van der Waals surface area contributed by atoms with Crippen molar-refractivity contribution in [1.29, 1.82) is 0 Å². The minimum absolute atomic E-state index is 0.739. The first-order valence-corrected chi connectivity index (χ1v) is 8.07. The molecule has 106 valence electrons. The van der Waals surface area contributed by atoms with Crippen LogP contribution in [0.2, 0.25) is 0 Å². The van der Waals surface area contributed by atoms with E-state index in [1.165, 1.54) is 45.3 Å². The lowest BCUT2D eigenvalue weighted by Gasteiger charge is -2.44. The van der Waals surface area contributed by atoms with Crippen molar-refractivity contribution in [3.8, 4) is 0 Å². The van der Waals surface area contributed by atoms with Gasteiger partial charge in [0.1, 0.15) is 0 Å². The number of rotatable bonds is 3. The lowest BCUT2D eigenvalue weighted by atomic mass is 9.84. The number of nitrogens with one attached hydrogen (secondary N) is 1. The molecule has 0 bridgehead atoms. The minimum Gasteiger partial charge on any atom is -0.313 e. The van der Waals surface area contributed by atoms with Gasteiger partial charge in [-0.2, -0.15) is 0 Å². The van der Waals surface area contributed by atoms with Crippen LogP contribution in [0.3, 0.4) is 0 Å². The molecule has 0 aromatic heterocycles. The van der Waals surface area contributed by atoms with Gasteiger partial charge in [0.05, 0.1) is 0 Å². The van der Waals surface area contributed by atoms with E-state index >= 15 is 0 Å². The first-order chi connectivity index (χ1) is 8.60. The fraction of sp³-hybridized carbons (Fsp3) is 1.00. The molecule has 2 fully saturated rings. The van der Waals surface area contributed by atoms with Gasteiger partial charge in [0, 0.05) is 25.2 Å². The SMILES string of the molecule is CCC1CCNC(CN2CC(C)CC(C)C2C)C1. The Bertz CT molecular complexity index is 253. The highest BCUT2D eigenvalue weighted by Gasteiger charge is 2.31. The summed E-state index contributed by atoms with van der Waals surface area (Å²) in [6.07, 6.45) is 5.55. The van der Waals surface area contributed by atoms with Crippen LogP contribution in [0, 0.1) is 17.8 Å². The first-order valence-electron chi connectivity index (χ1n) is 8.07. The predicted molar refractivity (Wildman–Crippen MR) is 78.8 cm³/mol. The fourth-order valence-electron chi connectivity index (χ4n) is 3.96. The molecular formula is C16H32N2. The van der Waals surface area contributed by atoms with Gasteiger partial charge in [-0.1, -0.05) is 27.2 Å². The topological polar surface area (TPSA) is 15.3 Å². The zero-order chi connectivity index (χ0) is 13.1. The molecule has 0 aromatic rings. The molecule has 1 N–H and O–H groups in total. The molecule has 0 aliphatic carbocycles. The third-order valence-corrected chi connectivity index (χ3v) is 5.36. The summed E-state index contributed by atoms with van der Waals surface area (Å²) in [4.78, 5) is 2.74. The summed E-state index contributed by atoms with van der Waals surface area (Å²) in [6, 6.07) is 1.51. The van der Waals surface area contributed by atoms with E-state index in [1.807, 2.05) is 0 Å². The highest BCUT2D eigenvalue weighted by molar-refractivity contribution is 4.87. The van der Waals surface area contributed by atoms with Crippen molar-refractivity contribution in [2.75, 3.05) is 19.6 Å². The molecule has 2 heteroatoms. The third kappa shape index (κ3) is 3.48. The van der Waals surface area contributed by atoms with Gasteiger partial charge in [0.25, 0.3) is 0 Å². The van der Waals surface area contributed by atoms with Crippen LogP contribution in [-0.2, 0) is 0 Å². The lowest BCUT2D eigenvalue weighted by Crippen LogP contribution is -2.53. The molecular weight excluding hydrogens is 220 g/mol. The van der Waals surface area contributed by atoms with E-state index in [9.17, 15) is 0 Å². The average Bonchev–Trinajstić information content (AvgIpc) is 2.35.